The lowest BCUT2D eigenvalue weighted by molar-refractivity contribution is 0.0949. The molecule has 0 saturated heterocycles. The fourth-order valence-electron chi connectivity index (χ4n) is 3.89. The highest BCUT2D eigenvalue weighted by atomic mass is 16.3. The first-order chi connectivity index (χ1) is 14.0. The van der Waals surface area contributed by atoms with Crippen LogP contribution < -0.4 is 10.7 Å². The average molecular weight is 386 g/mol. The number of amides is 1. The highest BCUT2D eigenvalue weighted by molar-refractivity contribution is 5.98. The van der Waals surface area contributed by atoms with E-state index < -0.39 is 5.91 Å². The summed E-state index contributed by atoms with van der Waals surface area (Å²) in [5, 5.41) is 13.1. The van der Waals surface area contributed by atoms with Gasteiger partial charge in [-0.05, 0) is 43.5 Å². The van der Waals surface area contributed by atoms with E-state index in [1.807, 2.05) is 41.8 Å². The van der Waals surface area contributed by atoms with Gasteiger partial charge < -0.3 is 15.0 Å². The molecule has 2 N–H and O–H groups in total. The van der Waals surface area contributed by atoms with Gasteiger partial charge in [-0.25, -0.2) is 0 Å². The summed E-state index contributed by atoms with van der Waals surface area (Å²) in [6, 6.07) is 11.4. The van der Waals surface area contributed by atoms with E-state index in [9.17, 15) is 14.7 Å². The molecule has 2 aromatic carbocycles. The zero-order valence-electron chi connectivity index (χ0n) is 16.5. The quantitative estimate of drug-likeness (QED) is 0.678. The minimum Gasteiger partial charge on any atom is -0.394 e. The summed E-state index contributed by atoms with van der Waals surface area (Å²) in [4.78, 5) is 26.0. The normalized spacial score (nSPS) is 14.5. The maximum Gasteiger partial charge on any atom is 0.257 e. The molecule has 0 radical (unpaired) electrons. The van der Waals surface area contributed by atoms with E-state index in [0.29, 0.717) is 18.4 Å². The van der Waals surface area contributed by atoms with Crippen molar-refractivity contribution in [3.05, 3.63) is 80.6 Å². The lowest BCUT2D eigenvalue weighted by atomic mass is 10.0. The summed E-state index contributed by atoms with van der Waals surface area (Å²) in [6.45, 7) is 4.02. The van der Waals surface area contributed by atoms with Gasteiger partial charge in [-0.15, -0.1) is 5.92 Å². The predicted octanol–water partition coefficient (Wildman–Crippen LogP) is 2.70. The molecule has 29 heavy (non-hydrogen) atoms. The Kier molecular flexibility index (Phi) is 4.96. The number of hydrogen-bond donors (Lipinski definition) is 2. The number of nitrogens with zero attached hydrogens (tertiary/aromatic N) is 1. The summed E-state index contributed by atoms with van der Waals surface area (Å²) in [7, 11) is 0. The van der Waals surface area contributed by atoms with Crippen molar-refractivity contribution in [3.8, 4) is 11.8 Å². The molecular formula is C24H22N2O3. The van der Waals surface area contributed by atoms with Crippen molar-refractivity contribution in [2.24, 2.45) is 0 Å². The van der Waals surface area contributed by atoms with E-state index in [-0.39, 0.29) is 23.6 Å². The number of pyridine rings is 1. The number of aliphatic hydroxyl groups is 1. The summed E-state index contributed by atoms with van der Waals surface area (Å²) in [5.41, 5.74) is 4.39. The molecule has 0 saturated carbocycles. The van der Waals surface area contributed by atoms with Crippen molar-refractivity contribution in [3.63, 3.8) is 0 Å². The Labute approximate surface area is 169 Å². The Morgan fingerprint density at radius 1 is 1.28 bits per heavy atom. The van der Waals surface area contributed by atoms with Crippen molar-refractivity contribution < 1.29 is 9.90 Å². The Morgan fingerprint density at radius 2 is 2.03 bits per heavy atom. The number of aromatic nitrogens is 1. The number of aryl methyl sites for hydroxylation is 1. The van der Waals surface area contributed by atoms with Gasteiger partial charge in [-0.2, -0.15) is 0 Å². The third-order valence-electron chi connectivity index (χ3n) is 5.35. The molecule has 146 valence electrons. The number of nitrogens with one attached hydrogen (secondary N) is 1. The van der Waals surface area contributed by atoms with Crippen molar-refractivity contribution >= 4 is 16.8 Å². The molecule has 1 aliphatic rings. The lowest BCUT2D eigenvalue weighted by Gasteiger charge is -2.14. The molecule has 0 spiro atoms. The van der Waals surface area contributed by atoms with E-state index in [2.05, 4.69) is 17.2 Å². The highest BCUT2D eigenvalue weighted by Gasteiger charge is 2.27. The fourth-order valence-corrected chi connectivity index (χ4v) is 3.89. The Bertz CT molecular complexity index is 1230. The van der Waals surface area contributed by atoms with Crippen LogP contribution in [-0.4, -0.2) is 22.2 Å². The van der Waals surface area contributed by atoms with E-state index in [0.717, 1.165) is 27.8 Å². The first-order valence-electron chi connectivity index (χ1n) is 9.61. The first kappa shape index (κ1) is 19.0. The maximum atomic E-state index is 13.1. The summed E-state index contributed by atoms with van der Waals surface area (Å²) < 4.78 is 1.86. The topological polar surface area (TPSA) is 71.3 Å². The molecule has 0 bridgehead atoms. The number of benzene rings is 2. The molecule has 4 rings (SSSR count). The van der Waals surface area contributed by atoms with Crippen LogP contribution in [0, 0.1) is 18.8 Å². The van der Waals surface area contributed by atoms with Gasteiger partial charge >= 0.3 is 0 Å². The van der Waals surface area contributed by atoms with Crippen LogP contribution in [0.2, 0.25) is 0 Å². The second kappa shape index (κ2) is 7.57. The summed E-state index contributed by atoms with van der Waals surface area (Å²) >= 11 is 0. The molecular weight excluding hydrogens is 364 g/mol. The molecule has 5 nitrogen and oxygen atoms in total. The molecule has 1 amide bonds. The van der Waals surface area contributed by atoms with Gasteiger partial charge in [0.1, 0.15) is 5.56 Å². The van der Waals surface area contributed by atoms with Gasteiger partial charge in [0, 0.05) is 23.7 Å². The van der Waals surface area contributed by atoms with Gasteiger partial charge in [0.15, 0.2) is 0 Å². The van der Waals surface area contributed by atoms with E-state index in [1.54, 1.807) is 19.2 Å². The van der Waals surface area contributed by atoms with Crippen LogP contribution in [0.4, 0.5) is 0 Å². The number of carbonyl (C=O) groups excluding carboxylic acids is 1. The smallest absolute Gasteiger partial charge is 0.257 e. The van der Waals surface area contributed by atoms with Gasteiger partial charge in [0.25, 0.3) is 5.91 Å². The van der Waals surface area contributed by atoms with E-state index in [1.165, 1.54) is 0 Å². The van der Waals surface area contributed by atoms with Crippen LogP contribution in [-0.2, 0) is 13.0 Å². The van der Waals surface area contributed by atoms with Crippen molar-refractivity contribution in [2.75, 3.05) is 6.61 Å². The first-order valence-corrected chi connectivity index (χ1v) is 9.61. The molecule has 2 heterocycles. The molecule has 1 aliphatic heterocycles. The second-order valence-corrected chi connectivity index (χ2v) is 7.39. The Hall–Kier alpha value is -3.36. The monoisotopic (exact) mass is 386 g/mol. The predicted molar refractivity (Wildman–Crippen MR) is 113 cm³/mol. The number of aliphatic hydroxyl groups excluding tert-OH is 1. The minimum atomic E-state index is -0.418. The molecule has 5 heteroatoms. The number of carbonyl (C=O) groups is 1. The molecule has 1 atom stereocenters. The lowest BCUT2D eigenvalue weighted by Crippen LogP contribution is -2.29. The zero-order valence-corrected chi connectivity index (χ0v) is 16.5. The van der Waals surface area contributed by atoms with Crippen LogP contribution in [0.5, 0.6) is 0 Å². The largest absolute Gasteiger partial charge is 0.394 e. The third-order valence-corrected chi connectivity index (χ3v) is 5.35. The van der Waals surface area contributed by atoms with Crippen LogP contribution in [0.25, 0.3) is 10.9 Å². The highest BCUT2D eigenvalue weighted by Crippen LogP contribution is 2.32. The second-order valence-electron chi connectivity index (χ2n) is 7.39. The van der Waals surface area contributed by atoms with Gasteiger partial charge in [-0.3, -0.25) is 9.59 Å². The van der Waals surface area contributed by atoms with Crippen molar-refractivity contribution in [1.29, 1.82) is 0 Å². The average Bonchev–Trinajstić information content (AvgIpc) is 3.08. The molecule has 0 aliphatic carbocycles. The van der Waals surface area contributed by atoms with Crippen LogP contribution in [0.3, 0.4) is 0 Å². The zero-order chi connectivity index (χ0) is 20.5. The van der Waals surface area contributed by atoms with E-state index in [4.69, 9.17) is 0 Å². The van der Waals surface area contributed by atoms with Crippen LogP contribution in [0.1, 0.15) is 45.6 Å². The van der Waals surface area contributed by atoms with Crippen LogP contribution in [0.15, 0.2) is 47.4 Å². The maximum absolute atomic E-state index is 13.1. The van der Waals surface area contributed by atoms with Crippen molar-refractivity contribution in [2.45, 2.75) is 32.9 Å². The molecule has 0 fully saturated rings. The van der Waals surface area contributed by atoms with Crippen molar-refractivity contribution in [1.82, 2.24) is 9.88 Å². The standard InChI is InChI=1S/C24H22N2O3/c1-3-4-17-9-18-11-19(14-27)26-13-21(23(28)20(10-17)22(18)26)24(29)25-12-16-7-5-15(2)6-8-16/h5-10,13,19,27H,11-12,14H2,1-2H3,(H,25,29). The van der Waals surface area contributed by atoms with E-state index >= 15 is 0 Å². The number of rotatable bonds is 4. The SMILES string of the molecule is CC#Cc1cc2c3c(c1)c(=O)c(C(=O)NCc1ccc(C)cc1)cn3C(CO)C2. The molecule has 1 unspecified atom stereocenters. The molecule has 3 aromatic rings. The Balaban J connectivity index is 1.75. The van der Waals surface area contributed by atoms with Gasteiger partial charge in [-0.1, -0.05) is 35.7 Å². The van der Waals surface area contributed by atoms with Gasteiger partial charge in [0.05, 0.1) is 18.2 Å². The Morgan fingerprint density at radius 3 is 2.72 bits per heavy atom. The third kappa shape index (κ3) is 3.43. The number of hydrogen-bond acceptors (Lipinski definition) is 3. The summed E-state index contributed by atoms with van der Waals surface area (Å²) in [6.07, 6.45) is 2.19. The minimum absolute atomic E-state index is 0.0636. The van der Waals surface area contributed by atoms with Crippen LogP contribution >= 0.6 is 0 Å². The fraction of sp³-hybridized carbons (Fsp3) is 0.250. The summed E-state index contributed by atoms with van der Waals surface area (Å²) in [5.74, 6) is 5.43. The van der Waals surface area contributed by atoms with Gasteiger partial charge in [0.2, 0.25) is 5.43 Å². The molecule has 1 aromatic heterocycles.